The molecule has 0 saturated carbocycles. The van der Waals surface area contributed by atoms with Crippen molar-refractivity contribution in [2.45, 2.75) is 13.5 Å². The molecule has 0 spiro atoms. The molecule has 0 amide bonds. The topological polar surface area (TPSA) is 41.4 Å². The predicted octanol–water partition coefficient (Wildman–Crippen LogP) is 1.78. The lowest BCUT2D eigenvalue weighted by molar-refractivity contribution is 0.773. The number of nitrogens with zero attached hydrogens (tertiary/aromatic N) is 2. The number of guanidine groups is 1. The molecule has 0 atom stereocenters. The first-order chi connectivity index (χ1) is 8.69. The minimum absolute atomic E-state index is 0.768. The van der Waals surface area contributed by atoms with Gasteiger partial charge in [-0.25, -0.2) is 0 Å². The van der Waals surface area contributed by atoms with Crippen LogP contribution in [0.4, 0.5) is 0 Å². The van der Waals surface area contributed by atoms with Crippen molar-refractivity contribution in [1.29, 1.82) is 0 Å². The molecule has 4 nitrogen and oxygen atoms in total. The van der Waals surface area contributed by atoms with Gasteiger partial charge in [-0.1, -0.05) is 18.2 Å². The highest BCUT2D eigenvalue weighted by Crippen LogP contribution is 2.24. The summed E-state index contributed by atoms with van der Waals surface area (Å²) in [5, 5.41) is 7.64. The Kier molecular flexibility index (Phi) is 3.55. The predicted molar refractivity (Wildman–Crippen MR) is 76.9 cm³/mol. The molecule has 0 bridgehead atoms. The Morgan fingerprint density at radius 2 is 2.06 bits per heavy atom. The summed E-state index contributed by atoms with van der Waals surface area (Å²) in [5.41, 5.74) is 3.88. The average Bonchev–Trinajstić information content (AvgIpc) is 2.65. The Morgan fingerprint density at radius 1 is 1.33 bits per heavy atom. The van der Waals surface area contributed by atoms with Crippen molar-refractivity contribution in [2.75, 3.05) is 14.1 Å². The maximum atomic E-state index is 4.12. The smallest absolute Gasteiger partial charge is 0.191 e. The van der Waals surface area contributed by atoms with Crippen molar-refractivity contribution in [1.82, 2.24) is 15.2 Å². The third-order valence-corrected chi connectivity index (χ3v) is 3.39. The SMILES string of the molecule is CN=C(NC)NCc1c(C)c2ccccc2n1C. The van der Waals surface area contributed by atoms with E-state index in [9.17, 15) is 0 Å². The zero-order valence-electron chi connectivity index (χ0n) is 11.4. The Hall–Kier alpha value is -1.97. The van der Waals surface area contributed by atoms with Crippen LogP contribution in [0.5, 0.6) is 0 Å². The van der Waals surface area contributed by atoms with E-state index in [-0.39, 0.29) is 0 Å². The number of fused-ring (bicyclic) bond motifs is 1. The third-order valence-electron chi connectivity index (χ3n) is 3.39. The molecule has 4 heteroatoms. The molecule has 0 fully saturated rings. The van der Waals surface area contributed by atoms with Gasteiger partial charge in [-0.15, -0.1) is 0 Å². The first kappa shape index (κ1) is 12.5. The van der Waals surface area contributed by atoms with Crippen LogP contribution >= 0.6 is 0 Å². The maximum absolute atomic E-state index is 4.12. The summed E-state index contributed by atoms with van der Waals surface area (Å²) < 4.78 is 2.24. The molecule has 2 N–H and O–H groups in total. The fourth-order valence-electron chi connectivity index (χ4n) is 2.33. The number of aryl methyl sites for hydroxylation is 2. The van der Waals surface area contributed by atoms with Gasteiger partial charge in [-0.3, -0.25) is 4.99 Å². The fourth-order valence-corrected chi connectivity index (χ4v) is 2.33. The zero-order chi connectivity index (χ0) is 13.1. The van der Waals surface area contributed by atoms with Gasteiger partial charge in [0.05, 0.1) is 6.54 Å². The molecule has 96 valence electrons. The monoisotopic (exact) mass is 244 g/mol. The van der Waals surface area contributed by atoms with E-state index in [2.05, 4.69) is 58.4 Å². The first-order valence-electron chi connectivity index (χ1n) is 6.10. The molecule has 1 aromatic heterocycles. The zero-order valence-corrected chi connectivity index (χ0v) is 11.4. The molecule has 0 unspecified atom stereocenters. The quantitative estimate of drug-likeness (QED) is 0.624. The van der Waals surface area contributed by atoms with E-state index in [0.29, 0.717) is 0 Å². The van der Waals surface area contributed by atoms with E-state index in [1.807, 2.05) is 7.05 Å². The number of para-hydroxylation sites is 1. The summed E-state index contributed by atoms with van der Waals surface area (Å²) in [6.07, 6.45) is 0. The third kappa shape index (κ3) is 2.06. The van der Waals surface area contributed by atoms with Crippen LogP contribution in [0.1, 0.15) is 11.3 Å². The lowest BCUT2D eigenvalue weighted by Crippen LogP contribution is -2.34. The Morgan fingerprint density at radius 3 is 2.67 bits per heavy atom. The molecule has 2 aromatic rings. The van der Waals surface area contributed by atoms with Crippen molar-refractivity contribution in [3.63, 3.8) is 0 Å². The second-order valence-electron chi connectivity index (χ2n) is 4.32. The van der Waals surface area contributed by atoms with Gasteiger partial charge in [0.25, 0.3) is 0 Å². The average molecular weight is 244 g/mol. The number of aliphatic imine (C=N–C) groups is 1. The van der Waals surface area contributed by atoms with Gasteiger partial charge in [-0.05, 0) is 18.6 Å². The van der Waals surface area contributed by atoms with Gasteiger partial charge < -0.3 is 15.2 Å². The lowest BCUT2D eigenvalue weighted by Gasteiger charge is -2.10. The largest absolute Gasteiger partial charge is 0.359 e. The van der Waals surface area contributed by atoms with Gasteiger partial charge in [0, 0.05) is 37.7 Å². The Balaban J connectivity index is 2.34. The van der Waals surface area contributed by atoms with Crippen molar-refractivity contribution < 1.29 is 0 Å². The molecular weight excluding hydrogens is 224 g/mol. The van der Waals surface area contributed by atoms with E-state index < -0.39 is 0 Å². The van der Waals surface area contributed by atoms with Crippen molar-refractivity contribution in [3.8, 4) is 0 Å². The maximum Gasteiger partial charge on any atom is 0.191 e. The van der Waals surface area contributed by atoms with Gasteiger partial charge in [0.2, 0.25) is 0 Å². The molecule has 1 aromatic carbocycles. The second-order valence-corrected chi connectivity index (χ2v) is 4.32. The summed E-state index contributed by atoms with van der Waals surface area (Å²) in [4.78, 5) is 4.12. The van der Waals surface area contributed by atoms with Crippen LogP contribution in [0, 0.1) is 6.92 Å². The number of hydrogen-bond acceptors (Lipinski definition) is 1. The molecule has 0 aliphatic heterocycles. The molecule has 0 aliphatic carbocycles. The molecule has 2 rings (SSSR count). The van der Waals surface area contributed by atoms with Crippen LogP contribution in [-0.4, -0.2) is 24.6 Å². The molecule has 0 aliphatic rings. The van der Waals surface area contributed by atoms with E-state index in [4.69, 9.17) is 0 Å². The van der Waals surface area contributed by atoms with E-state index in [0.717, 1.165) is 12.5 Å². The standard InChI is InChI=1S/C14H20N4/c1-10-11-7-5-6-8-12(11)18(4)13(10)9-17-14(15-2)16-3/h5-8H,9H2,1-4H3,(H2,15,16,17). The number of hydrogen-bond donors (Lipinski definition) is 2. The van der Waals surface area contributed by atoms with Crippen LogP contribution in [0.15, 0.2) is 29.3 Å². The number of benzene rings is 1. The molecule has 18 heavy (non-hydrogen) atoms. The van der Waals surface area contributed by atoms with Crippen LogP contribution in [0.2, 0.25) is 0 Å². The van der Waals surface area contributed by atoms with E-state index >= 15 is 0 Å². The molecule has 0 saturated heterocycles. The summed E-state index contributed by atoms with van der Waals surface area (Å²) in [6.45, 7) is 2.94. The Labute approximate surface area is 108 Å². The summed E-state index contributed by atoms with van der Waals surface area (Å²) in [7, 11) is 5.74. The molecular formula is C14H20N4. The van der Waals surface area contributed by atoms with Gasteiger partial charge in [-0.2, -0.15) is 0 Å². The highest BCUT2D eigenvalue weighted by Gasteiger charge is 2.10. The van der Waals surface area contributed by atoms with Crippen LogP contribution in [-0.2, 0) is 13.6 Å². The summed E-state index contributed by atoms with van der Waals surface area (Å²) >= 11 is 0. The number of nitrogens with one attached hydrogen (secondary N) is 2. The number of rotatable bonds is 2. The Bertz CT molecular complexity index is 542. The molecule has 1 heterocycles. The number of aromatic nitrogens is 1. The van der Waals surface area contributed by atoms with Crippen molar-refractivity contribution in [3.05, 3.63) is 35.5 Å². The van der Waals surface area contributed by atoms with Crippen LogP contribution < -0.4 is 10.6 Å². The highest BCUT2D eigenvalue weighted by molar-refractivity contribution is 5.85. The van der Waals surface area contributed by atoms with E-state index in [1.54, 1.807) is 7.05 Å². The lowest BCUT2D eigenvalue weighted by atomic mass is 10.1. The first-order valence-corrected chi connectivity index (χ1v) is 6.10. The van der Waals surface area contributed by atoms with Gasteiger partial charge >= 0.3 is 0 Å². The van der Waals surface area contributed by atoms with Crippen molar-refractivity contribution in [2.24, 2.45) is 12.0 Å². The normalized spacial score (nSPS) is 11.9. The van der Waals surface area contributed by atoms with Crippen LogP contribution in [0.3, 0.4) is 0 Å². The fraction of sp³-hybridized carbons (Fsp3) is 0.357. The summed E-state index contributed by atoms with van der Waals surface area (Å²) in [6, 6.07) is 8.48. The van der Waals surface area contributed by atoms with Crippen LogP contribution in [0.25, 0.3) is 10.9 Å². The van der Waals surface area contributed by atoms with Crippen molar-refractivity contribution >= 4 is 16.9 Å². The van der Waals surface area contributed by atoms with Gasteiger partial charge in [0.1, 0.15) is 0 Å². The highest BCUT2D eigenvalue weighted by atomic mass is 15.2. The van der Waals surface area contributed by atoms with E-state index in [1.165, 1.54) is 22.2 Å². The summed E-state index contributed by atoms with van der Waals surface area (Å²) in [5.74, 6) is 0.805. The molecule has 0 radical (unpaired) electrons. The minimum Gasteiger partial charge on any atom is -0.359 e. The second kappa shape index (κ2) is 5.12. The van der Waals surface area contributed by atoms with Gasteiger partial charge in [0.15, 0.2) is 5.96 Å². The minimum atomic E-state index is 0.768.